The summed E-state index contributed by atoms with van der Waals surface area (Å²) in [6, 6.07) is 31.3. The van der Waals surface area contributed by atoms with Gasteiger partial charge in [0.25, 0.3) is 5.82 Å². The first-order valence-electron chi connectivity index (χ1n) is 11.5. The molecule has 0 saturated heterocycles. The van der Waals surface area contributed by atoms with Gasteiger partial charge in [-0.25, -0.2) is 9.13 Å². The fourth-order valence-electron chi connectivity index (χ4n) is 5.22. The van der Waals surface area contributed by atoms with E-state index in [1.165, 1.54) is 59.3 Å². The van der Waals surface area contributed by atoms with E-state index in [0.717, 1.165) is 0 Å². The lowest BCUT2D eigenvalue weighted by atomic mass is 9.98. The lowest BCUT2D eigenvalue weighted by Crippen LogP contribution is -2.30. The predicted molar refractivity (Wildman–Crippen MR) is 142 cm³/mol. The maximum absolute atomic E-state index is 2.50. The number of para-hydroxylation sites is 2. The Bertz CT molecular complexity index is 1650. The molecule has 0 radical (unpaired) electrons. The molecule has 0 unspecified atom stereocenters. The van der Waals surface area contributed by atoms with Crippen molar-refractivity contribution in [3.8, 4) is 22.5 Å². The van der Waals surface area contributed by atoms with Crippen LogP contribution >= 0.6 is 11.3 Å². The standard InChI is InChI=1S/C30H27N2S/c1-19(2)32-25-13-9-8-12-24(25)31(4)30(32)28-20(3)14-17-26-29(28)23-16-15-22(18-27(23)33-26)21-10-6-5-7-11-21/h5-19H,1-4H3/q+1. The molecule has 0 N–H and O–H groups in total. The van der Waals surface area contributed by atoms with Gasteiger partial charge in [-0.1, -0.05) is 60.7 Å². The maximum Gasteiger partial charge on any atom is 0.290 e. The largest absolute Gasteiger partial charge is 0.290 e. The fourth-order valence-corrected chi connectivity index (χ4v) is 6.38. The Morgan fingerprint density at radius 2 is 1.55 bits per heavy atom. The molecule has 0 spiro atoms. The van der Waals surface area contributed by atoms with Gasteiger partial charge >= 0.3 is 0 Å². The Morgan fingerprint density at radius 3 is 2.33 bits per heavy atom. The van der Waals surface area contributed by atoms with Crippen molar-refractivity contribution in [2.75, 3.05) is 0 Å². The highest BCUT2D eigenvalue weighted by molar-refractivity contribution is 7.26. The highest BCUT2D eigenvalue weighted by atomic mass is 32.1. The molecule has 0 amide bonds. The number of aromatic nitrogens is 2. The molecule has 162 valence electrons. The van der Waals surface area contributed by atoms with E-state index >= 15 is 0 Å². The lowest BCUT2D eigenvalue weighted by Gasteiger charge is -2.11. The Labute approximate surface area is 198 Å². The van der Waals surface area contributed by atoms with Gasteiger partial charge in [-0.2, -0.15) is 0 Å². The van der Waals surface area contributed by atoms with E-state index in [1.54, 1.807) is 0 Å². The van der Waals surface area contributed by atoms with E-state index in [2.05, 4.69) is 122 Å². The van der Waals surface area contributed by atoms with Gasteiger partial charge in [-0.15, -0.1) is 11.3 Å². The minimum absolute atomic E-state index is 0.357. The molecule has 0 saturated carbocycles. The van der Waals surface area contributed by atoms with Gasteiger partial charge in [-0.05, 0) is 61.7 Å². The molecule has 0 aliphatic rings. The van der Waals surface area contributed by atoms with Crippen LogP contribution in [0.25, 0.3) is 53.7 Å². The summed E-state index contributed by atoms with van der Waals surface area (Å²) in [6.45, 7) is 6.81. The van der Waals surface area contributed by atoms with Gasteiger partial charge in [0.1, 0.15) is 0 Å². The molecule has 6 rings (SSSR count). The SMILES string of the molecule is Cc1ccc2sc3cc(-c4ccccc4)ccc3c2c1-c1n(C(C)C)c2ccccc2[n+]1C. The van der Waals surface area contributed by atoms with Crippen LogP contribution in [0.3, 0.4) is 0 Å². The molecule has 0 bridgehead atoms. The Balaban J connectivity index is 1.70. The van der Waals surface area contributed by atoms with Crippen LogP contribution in [0.15, 0.2) is 84.9 Å². The van der Waals surface area contributed by atoms with Crippen LogP contribution < -0.4 is 4.57 Å². The molecule has 6 aromatic rings. The Morgan fingerprint density at radius 1 is 0.788 bits per heavy atom. The third kappa shape index (κ3) is 3.03. The van der Waals surface area contributed by atoms with Gasteiger partial charge < -0.3 is 0 Å². The van der Waals surface area contributed by atoms with Crippen LogP contribution in [0.2, 0.25) is 0 Å². The van der Waals surface area contributed by atoms with E-state index in [0.29, 0.717) is 6.04 Å². The molecule has 0 atom stereocenters. The monoisotopic (exact) mass is 447 g/mol. The first kappa shape index (κ1) is 20.2. The minimum Gasteiger partial charge on any atom is -0.226 e. The van der Waals surface area contributed by atoms with Crippen LogP contribution in [0, 0.1) is 6.92 Å². The highest BCUT2D eigenvalue weighted by Crippen LogP contribution is 2.43. The summed E-state index contributed by atoms with van der Waals surface area (Å²) in [7, 11) is 2.21. The van der Waals surface area contributed by atoms with Gasteiger partial charge in [0.15, 0.2) is 11.0 Å². The molecule has 4 aromatic carbocycles. The van der Waals surface area contributed by atoms with Crippen molar-refractivity contribution in [2.45, 2.75) is 26.8 Å². The predicted octanol–water partition coefficient (Wildman–Crippen LogP) is 8.06. The lowest BCUT2D eigenvalue weighted by molar-refractivity contribution is -0.634. The average molecular weight is 448 g/mol. The van der Waals surface area contributed by atoms with E-state index in [9.17, 15) is 0 Å². The summed E-state index contributed by atoms with van der Waals surface area (Å²) >= 11 is 1.90. The summed E-state index contributed by atoms with van der Waals surface area (Å²) in [4.78, 5) is 0. The molecule has 2 heterocycles. The topological polar surface area (TPSA) is 8.81 Å². The van der Waals surface area contributed by atoms with E-state index in [1.807, 2.05) is 11.3 Å². The minimum atomic E-state index is 0.357. The number of hydrogen-bond acceptors (Lipinski definition) is 1. The van der Waals surface area contributed by atoms with E-state index in [4.69, 9.17) is 0 Å². The van der Waals surface area contributed by atoms with Crippen molar-refractivity contribution < 1.29 is 4.57 Å². The number of benzene rings is 4. The Hall–Kier alpha value is -3.43. The first-order chi connectivity index (χ1) is 16.0. The summed E-state index contributed by atoms with van der Waals surface area (Å²) in [5, 5.41) is 2.71. The van der Waals surface area contributed by atoms with Crippen LogP contribution in [0.5, 0.6) is 0 Å². The van der Waals surface area contributed by atoms with Gasteiger partial charge in [0.05, 0.1) is 18.7 Å². The quantitative estimate of drug-likeness (QED) is 0.243. The highest BCUT2D eigenvalue weighted by Gasteiger charge is 2.29. The molecule has 3 heteroatoms. The number of rotatable bonds is 3. The third-order valence-electron chi connectivity index (χ3n) is 6.74. The van der Waals surface area contributed by atoms with E-state index in [-0.39, 0.29) is 0 Å². The fraction of sp³-hybridized carbons (Fsp3) is 0.167. The number of imidazole rings is 1. The average Bonchev–Trinajstić information content (AvgIpc) is 3.35. The molecular weight excluding hydrogens is 420 g/mol. The zero-order valence-corrected chi connectivity index (χ0v) is 20.3. The first-order valence-corrected chi connectivity index (χ1v) is 12.4. The zero-order chi connectivity index (χ0) is 22.7. The zero-order valence-electron chi connectivity index (χ0n) is 19.5. The second-order valence-corrected chi connectivity index (χ2v) is 10.2. The van der Waals surface area contributed by atoms with Crippen LogP contribution in [-0.4, -0.2) is 4.57 Å². The Kier molecular flexibility index (Phi) is 4.63. The van der Waals surface area contributed by atoms with Crippen molar-refractivity contribution in [3.63, 3.8) is 0 Å². The molecule has 2 nitrogen and oxygen atoms in total. The van der Waals surface area contributed by atoms with Crippen molar-refractivity contribution in [1.29, 1.82) is 0 Å². The van der Waals surface area contributed by atoms with Gasteiger partial charge in [-0.3, -0.25) is 0 Å². The number of hydrogen-bond donors (Lipinski definition) is 0. The van der Waals surface area contributed by atoms with Crippen LogP contribution in [-0.2, 0) is 7.05 Å². The summed E-state index contributed by atoms with van der Waals surface area (Å²) in [6.07, 6.45) is 0. The summed E-state index contributed by atoms with van der Waals surface area (Å²) in [5.41, 5.74) is 7.75. The van der Waals surface area contributed by atoms with Crippen LogP contribution in [0.1, 0.15) is 25.5 Å². The molecule has 0 fully saturated rings. The summed E-state index contributed by atoms with van der Waals surface area (Å²) in [5.74, 6) is 1.28. The third-order valence-corrected chi connectivity index (χ3v) is 7.86. The molecule has 0 aliphatic heterocycles. The normalized spacial score (nSPS) is 11.9. The summed E-state index contributed by atoms with van der Waals surface area (Å²) < 4.78 is 7.56. The number of fused-ring (bicyclic) bond motifs is 4. The second kappa shape index (κ2) is 7.57. The molecular formula is C30H27N2S+. The smallest absolute Gasteiger partial charge is 0.226 e. The number of aryl methyl sites for hydroxylation is 2. The van der Waals surface area contributed by atoms with Gasteiger partial charge in [0.2, 0.25) is 0 Å². The molecule has 33 heavy (non-hydrogen) atoms. The maximum atomic E-state index is 2.50. The van der Waals surface area contributed by atoms with Crippen molar-refractivity contribution in [2.24, 2.45) is 7.05 Å². The number of thiophene rings is 1. The van der Waals surface area contributed by atoms with Crippen molar-refractivity contribution in [1.82, 2.24) is 4.57 Å². The van der Waals surface area contributed by atoms with Crippen molar-refractivity contribution in [3.05, 3.63) is 90.5 Å². The molecule has 2 aromatic heterocycles. The van der Waals surface area contributed by atoms with Crippen molar-refractivity contribution >= 4 is 42.5 Å². The molecule has 0 aliphatic carbocycles. The van der Waals surface area contributed by atoms with Gasteiger partial charge in [0, 0.05) is 20.2 Å². The van der Waals surface area contributed by atoms with E-state index < -0.39 is 0 Å². The van der Waals surface area contributed by atoms with Crippen LogP contribution in [0.4, 0.5) is 0 Å². The second-order valence-electron chi connectivity index (χ2n) is 9.14. The number of nitrogens with zero attached hydrogens (tertiary/aromatic N) is 2.